The smallest absolute Gasteiger partial charge is 0.469 e. The lowest BCUT2D eigenvalue weighted by Gasteiger charge is -2.19. The molecule has 2 atom stereocenters. The summed E-state index contributed by atoms with van der Waals surface area (Å²) in [6.07, 6.45) is 10.4. The molecule has 0 aromatic carbocycles. The minimum atomic E-state index is -4.91. The molecule has 4 nitrogen and oxygen atoms in total. The van der Waals surface area contributed by atoms with E-state index in [4.69, 9.17) is 0 Å². The lowest BCUT2D eigenvalue weighted by molar-refractivity contribution is -0.173. The van der Waals surface area contributed by atoms with E-state index in [2.05, 4.69) is 36.1 Å². The van der Waals surface area contributed by atoms with Crippen molar-refractivity contribution in [2.75, 3.05) is 13.7 Å². The number of halogens is 3. The predicted molar refractivity (Wildman–Crippen MR) is 130 cm³/mol. The van der Waals surface area contributed by atoms with Crippen molar-refractivity contribution in [2.24, 2.45) is 5.92 Å². The van der Waals surface area contributed by atoms with E-state index in [0.717, 1.165) is 19.3 Å². The highest BCUT2D eigenvalue weighted by Gasteiger charge is 2.38. The molecule has 33 heavy (non-hydrogen) atoms. The predicted octanol–water partition coefficient (Wildman–Crippen LogP) is 6.63. The van der Waals surface area contributed by atoms with Crippen LogP contribution in [0.2, 0.25) is 0 Å². The third-order valence-corrected chi connectivity index (χ3v) is 6.05. The normalized spacial score (nSPS) is 13.0. The molecule has 0 rings (SSSR count). The number of carbonyl (C=O) groups excluding carboxylic acids is 2. The van der Waals surface area contributed by atoms with Gasteiger partial charge in [-0.05, 0) is 19.3 Å². The van der Waals surface area contributed by atoms with Gasteiger partial charge in [0.2, 0.25) is 0 Å². The van der Waals surface area contributed by atoms with Crippen LogP contribution in [0.25, 0.3) is 0 Å². The molecule has 0 saturated carbocycles. The van der Waals surface area contributed by atoms with E-state index in [1.54, 1.807) is 0 Å². The Morgan fingerprint density at radius 1 is 0.939 bits per heavy atom. The van der Waals surface area contributed by atoms with Crippen LogP contribution >= 0.6 is 12.6 Å². The van der Waals surface area contributed by atoms with Gasteiger partial charge in [0.15, 0.2) is 0 Å². The van der Waals surface area contributed by atoms with Gasteiger partial charge in [0.05, 0.1) is 7.11 Å². The van der Waals surface area contributed by atoms with Crippen LogP contribution in [0, 0.1) is 17.8 Å². The van der Waals surface area contributed by atoms with Gasteiger partial charge in [0, 0.05) is 30.6 Å². The van der Waals surface area contributed by atoms with Crippen LogP contribution in [-0.4, -0.2) is 37.0 Å². The van der Waals surface area contributed by atoms with Crippen molar-refractivity contribution >= 4 is 24.5 Å². The molecule has 0 spiro atoms. The molecule has 0 aromatic rings. The second-order valence-corrected chi connectivity index (χ2v) is 9.12. The zero-order valence-corrected chi connectivity index (χ0v) is 21.2. The highest BCUT2D eigenvalue weighted by atomic mass is 32.1. The molecule has 0 heterocycles. The van der Waals surface area contributed by atoms with E-state index in [1.807, 2.05) is 5.32 Å². The van der Waals surface area contributed by atoms with Crippen molar-refractivity contribution in [3.05, 3.63) is 0 Å². The summed E-state index contributed by atoms with van der Waals surface area (Å²) in [6.45, 7) is 2.01. The monoisotopic (exact) mass is 493 g/mol. The Kier molecular flexibility index (Phi) is 19.2. The van der Waals surface area contributed by atoms with Crippen LogP contribution in [0.15, 0.2) is 0 Å². The summed E-state index contributed by atoms with van der Waals surface area (Å²) < 4.78 is 41.9. The summed E-state index contributed by atoms with van der Waals surface area (Å²) in [5, 5.41) is 1.37. The molecular weight excluding hydrogens is 451 g/mol. The molecule has 2 unspecified atom stereocenters. The van der Waals surface area contributed by atoms with Gasteiger partial charge in [-0.25, -0.2) is 0 Å². The number of amides is 1. The van der Waals surface area contributed by atoms with Crippen molar-refractivity contribution in [1.29, 1.82) is 0 Å². The lowest BCUT2D eigenvalue weighted by atomic mass is 9.97. The second-order valence-electron chi connectivity index (χ2n) is 8.46. The van der Waals surface area contributed by atoms with Crippen molar-refractivity contribution in [3.63, 3.8) is 0 Å². The van der Waals surface area contributed by atoms with Gasteiger partial charge in [-0.2, -0.15) is 25.8 Å². The Hall–Kier alpha value is -1.36. The second kappa shape index (κ2) is 20.1. The molecule has 0 bridgehead atoms. The average Bonchev–Trinajstić information content (AvgIpc) is 2.78. The Morgan fingerprint density at radius 3 is 2.06 bits per heavy atom. The molecule has 1 amide bonds. The number of hydrogen-bond donors (Lipinski definition) is 2. The average molecular weight is 494 g/mol. The summed E-state index contributed by atoms with van der Waals surface area (Å²) in [5.74, 6) is 3.76. The summed E-state index contributed by atoms with van der Waals surface area (Å²) in [5.41, 5.74) is 0. The molecule has 0 radical (unpaired) electrons. The molecule has 0 aliphatic carbocycles. The number of thiol groups is 1. The lowest BCUT2D eigenvalue weighted by Crippen LogP contribution is -2.41. The maximum atomic E-state index is 12.4. The van der Waals surface area contributed by atoms with Crippen molar-refractivity contribution in [3.8, 4) is 11.8 Å². The van der Waals surface area contributed by atoms with Crippen LogP contribution in [0.4, 0.5) is 13.2 Å². The van der Waals surface area contributed by atoms with E-state index in [-0.39, 0.29) is 24.9 Å². The van der Waals surface area contributed by atoms with E-state index < -0.39 is 17.3 Å². The van der Waals surface area contributed by atoms with E-state index in [9.17, 15) is 22.8 Å². The van der Waals surface area contributed by atoms with E-state index in [0.29, 0.717) is 19.3 Å². The molecule has 1 N–H and O–H groups in total. The van der Waals surface area contributed by atoms with Gasteiger partial charge in [-0.3, -0.25) is 9.59 Å². The zero-order chi connectivity index (χ0) is 25.0. The van der Waals surface area contributed by atoms with Gasteiger partial charge in [0.1, 0.15) is 0 Å². The highest BCUT2D eigenvalue weighted by Crippen LogP contribution is 2.19. The molecule has 0 aliphatic heterocycles. The SMILES string of the molecule is CCCCCCCCCCCCC#CC(CCCCC(=O)OC)C(S)CNC(=O)C(F)(F)F. The van der Waals surface area contributed by atoms with Crippen molar-refractivity contribution < 1.29 is 27.5 Å². The van der Waals surface area contributed by atoms with Crippen LogP contribution in [0.1, 0.15) is 103 Å². The van der Waals surface area contributed by atoms with Crippen LogP contribution in [-0.2, 0) is 14.3 Å². The van der Waals surface area contributed by atoms with Gasteiger partial charge in [0.25, 0.3) is 0 Å². The third-order valence-electron chi connectivity index (χ3n) is 5.51. The van der Waals surface area contributed by atoms with Crippen molar-refractivity contribution in [1.82, 2.24) is 5.32 Å². The summed E-state index contributed by atoms with van der Waals surface area (Å²) in [6, 6.07) is 0. The first kappa shape index (κ1) is 31.6. The molecule has 0 fully saturated rings. The van der Waals surface area contributed by atoms with E-state index in [1.165, 1.54) is 58.5 Å². The number of alkyl halides is 3. The summed E-state index contributed by atoms with van der Waals surface area (Å²) in [7, 11) is 1.33. The minimum Gasteiger partial charge on any atom is -0.469 e. The fourth-order valence-electron chi connectivity index (χ4n) is 3.44. The Bertz CT molecular complexity index is 588. The first-order valence-electron chi connectivity index (χ1n) is 12.3. The molecule has 8 heteroatoms. The maximum Gasteiger partial charge on any atom is 0.471 e. The number of methoxy groups -OCH3 is 1. The van der Waals surface area contributed by atoms with Crippen molar-refractivity contribution in [2.45, 2.75) is 115 Å². The molecule has 192 valence electrons. The summed E-state index contributed by atoms with van der Waals surface area (Å²) >= 11 is 4.39. The van der Waals surface area contributed by atoms with Crippen LogP contribution < -0.4 is 5.32 Å². The fraction of sp³-hybridized carbons (Fsp3) is 0.840. The standard InChI is InChI=1S/C25H42F3NO3S/c1-3-4-5-6-7-8-9-10-11-12-13-14-17-21(18-15-16-19-23(30)32-2)22(33)20-29-24(31)25(26,27)28/h21-22,33H,3-13,15-16,18-20H2,1-2H3,(H,29,31). The Morgan fingerprint density at radius 2 is 1.52 bits per heavy atom. The maximum absolute atomic E-state index is 12.4. The Balaban J connectivity index is 4.35. The Labute approximate surface area is 203 Å². The molecular formula is C25H42F3NO3S. The number of hydrogen-bond acceptors (Lipinski definition) is 4. The molecule has 0 aromatic heterocycles. The fourth-order valence-corrected chi connectivity index (χ4v) is 3.76. The van der Waals surface area contributed by atoms with Gasteiger partial charge in [-0.15, -0.1) is 5.92 Å². The summed E-state index contributed by atoms with van der Waals surface area (Å²) in [4.78, 5) is 22.3. The van der Waals surface area contributed by atoms with Crippen LogP contribution in [0.3, 0.4) is 0 Å². The number of unbranched alkanes of at least 4 members (excludes halogenated alkanes) is 11. The van der Waals surface area contributed by atoms with Gasteiger partial charge in [-0.1, -0.05) is 77.1 Å². The number of nitrogens with one attached hydrogen (secondary N) is 1. The molecule has 0 saturated heterocycles. The molecule has 0 aliphatic rings. The van der Waals surface area contributed by atoms with E-state index >= 15 is 0 Å². The number of carbonyl (C=O) groups is 2. The topological polar surface area (TPSA) is 55.4 Å². The first-order chi connectivity index (χ1) is 15.7. The van der Waals surface area contributed by atoms with Crippen LogP contribution in [0.5, 0.6) is 0 Å². The largest absolute Gasteiger partial charge is 0.471 e. The zero-order valence-electron chi connectivity index (χ0n) is 20.3. The van der Waals surface area contributed by atoms with Gasteiger partial charge >= 0.3 is 18.1 Å². The number of esters is 1. The highest BCUT2D eigenvalue weighted by molar-refractivity contribution is 7.81. The minimum absolute atomic E-state index is 0.212. The quantitative estimate of drug-likeness (QED) is 0.0975. The number of rotatable bonds is 18. The van der Waals surface area contributed by atoms with Gasteiger partial charge < -0.3 is 10.1 Å². The third kappa shape index (κ3) is 18.7. The first-order valence-corrected chi connectivity index (χ1v) is 12.8. The number of ether oxygens (including phenoxy) is 1.